The number of rotatable bonds is 7. The molecule has 0 unspecified atom stereocenters. The van der Waals surface area contributed by atoms with Gasteiger partial charge in [0.1, 0.15) is 6.73 Å². The summed E-state index contributed by atoms with van der Waals surface area (Å²) >= 11 is 3.60. The van der Waals surface area contributed by atoms with Crippen molar-refractivity contribution in [2.24, 2.45) is 5.73 Å². The summed E-state index contributed by atoms with van der Waals surface area (Å²) in [5, 5.41) is 1.12. The summed E-state index contributed by atoms with van der Waals surface area (Å²) in [6, 6.07) is 5.07. The molecule has 0 bridgehead atoms. The van der Waals surface area contributed by atoms with Crippen molar-refractivity contribution in [3.8, 4) is 0 Å². The van der Waals surface area contributed by atoms with E-state index < -0.39 is 8.07 Å². The first-order valence-electron chi connectivity index (χ1n) is 7.82. The number of nitrogens with two attached hydrogens (primary N) is 1. The summed E-state index contributed by atoms with van der Waals surface area (Å²) in [7, 11) is -1.09. The number of hydrogen-bond donors (Lipinski definition) is 1. The van der Waals surface area contributed by atoms with Crippen LogP contribution in [0, 0.1) is 6.92 Å². The average molecular weight is 397 g/mol. The van der Waals surface area contributed by atoms with E-state index in [2.05, 4.69) is 53.3 Å². The molecule has 126 valence electrons. The molecule has 0 atom stereocenters. The summed E-state index contributed by atoms with van der Waals surface area (Å²) in [5.74, 6) is -0.321. The van der Waals surface area contributed by atoms with Gasteiger partial charge in [0.25, 0.3) is 0 Å². The van der Waals surface area contributed by atoms with Crippen molar-refractivity contribution in [1.29, 1.82) is 0 Å². The van der Waals surface area contributed by atoms with Crippen molar-refractivity contribution in [2.75, 3.05) is 6.61 Å². The minimum atomic E-state index is -1.09. The lowest BCUT2D eigenvalue weighted by atomic mass is 10.1. The number of aromatic nitrogens is 1. The number of carbonyl (C=O) groups excluding carboxylic acids is 1. The Labute approximate surface area is 147 Å². The molecule has 2 aromatic rings. The highest BCUT2D eigenvalue weighted by atomic mass is 79.9. The summed E-state index contributed by atoms with van der Waals surface area (Å²) in [6.45, 7) is 10.4. The summed E-state index contributed by atoms with van der Waals surface area (Å²) in [6.07, 6.45) is 2.32. The minimum Gasteiger partial charge on any atom is -0.369 e. The smallest absolute Gasteiger partial charge is 0.221 e. The number of halogens is 1. The fourth-order valence-electron chi connectivity index (χ4n) is 2.65. The normalized spacial score (nSPS) is 12.0. The molecule has 4 nitrogen and oxygen atoms in total. The third-order valence-corrected chi connectivity index (χ3v) is 6.20. The molecule has 1 aromatic carbocycles. The fourth-order valence-corrected chi connectivity index (χ4v) is 4.04. The van der Waals surface area contributed by atoms with Crippen molar-refractivity contribution in [1.82, 2.24) is 4.57 Å². The number of nitrogens with zero attached hydrogens (tertiary/aromatic N) is 1. The number of primary amides is 1. The van der Waals surface area contributed by atoms with Gasteiger partial charge in [-0.1, -0.05) is 41.6 Å². The van der Waals surface area contributed by atoms with Crippen LogP contribution < -0.4 is 5.73 Å². The highest BCUT2D eigenvalue weighted by Crippen LogP contribution is 2.31. The third-order valence-electron chi connectivity index (χ3n) is 3.83. The molecule has 0 aliphatic rings. The van der Waals surface area contributed by atoms with Gasteiger partial charge < -0.3 is 15.0 Å². The minimum absolute atomic E-state index is 0.238. The van der Waals surface area contributed by atoms with E-state index in [1.54, 1.807) is 0 Å². The summed E-state index contributed by atoms with van der Waals surface area (Å²) < 4.78 is 8.99. The molecule has 0 aliphatic carbocycles. The molecule has 6 heteroatoms. The Morgan fingerprint density at radius 2 is 2.04 bits per heavy atom. The number of aryl methyl sites for hydroxylation is 1. The SMILES string of the molecule is Cc1cn(COCC[Si](C)(C)C)c2c(CC(N)=O)ccc(Br)c12. The van der Waals surface area contributed by atoms with Gasteiger partial charge in [-0.3, -0.25) is 4.79 Å². The number of carbonyl (C=O) groups is 1. The first kappa shape index (κ1) is 18.2. The van der Waals surface area contributed by atoms with Crippen LogP contribution >= 0.6 is 15.9 Å². The van der Waals surface area contributed by atoms with Crippen LogP contribution in [-0.2, 0) is 22.7 Å². The van der Waals surface area contributed by atoms with Crippen molar-refractivity contribution in [3.05, 3.63) is 33.9 Å². The average Bonchev–Trinajstić information content (AvgIpc) is 2.75. The molecule has 0 saturated heterocycles. The van der Waals surface area contributed by atoms with Gasteiger partial charge in [0.05, 0.1) is 11.9 Å². The van der Waals surface area contributed by atoms with Gasteiger partial charge in [0, 0.05) is 30.7 Å². The second-order valence-electron chi connectivity index (χ2n) is 7.20. The van der Waals surface area contributed by atoms with Crippen LogP contribution in [0.5, 0.6) is 0 Å². The van der Waals surface area contributed by atoms with Gasteiger partial charge >= 0.3 is 0 Å². The Hall–Kier alpha value is -1.11. The van der Waals surface area contributed by atoms with E-state index in [0.29, 0.717) is 6.73 Å². The molecule has 23 heavy (non-hydrogen) atoms. The van der Waals surface area contributed by atoms with Crippen molar-refractivity contribution in [2.45, 2.75) is 45.8 Å². The quantitative estimate of drug-likeness (QED) is 0.566. The van der Waals surface area contributed by atoms with Gasteiger partial charge in [-0.25, -0.2) is 0 Å². The molecular formula is C17H25BrN2O2Si. The zero-order valence-corrected chi connectivity index (χ0v) is 16.9. The highest BCUT2D eigenvalue weighted by molar-refractivity contribution is 9.10. The van der Waals surface area contributed by atoms with E-state index in [1.165, 1.54) is 0 Å². The van der Waals surface area contributed by atoms with Gasteiger partial charge in [-0.2, -0.15) is 0 Å². The zero-order chi connectivity index (χ0) is 17.2. The molecule has 1 aromatic heterocycles. The van der Waals surface area contributed by atoms with Crippen LogP contribution in [0.15, 0.2) is 22.8 Å². The molecule has 2 rings (SSSR count). The first-order chi connectivity index (χ1) is 10.7. The molecule has 1 amide bonds. The number of fused-ring (bicyclic) bond motifs is 1. The van der Waals surface area contributed by atoms with E-state index in [-0.39, 0.29) is 12.3 Å². The van der Waals surface area contributed by atoms with Crippen LogP contribution in [0.3, 0.4) is 0 Å². The second-order valence-corrected chi connectivity index (χ2v) is 13.7. The van der Waals surface area contributed by atoms with E-state index >= 15 is 0 Å². The van der Waals surface area contributed by atoms with E-state index in [0.717, 1.165) is 39.2 Å². The summed E-state index contributed by atoms with van der Waals surface area (Å²) in [4.78, 5) is 11.4. The maximum Gasteiger partial charge on any atom is 0.221 e. The Bertz CT molecular complexity index is 719. The van der Waals surface area contributed by atoms with E-state index in [1.807, 2.05) is 12.1 Å². The topological polar surface area (TPSA) is 57.2 Å². The number of benzene rings is 1. The molecule has 0 aliphatic heterocycles. The van der Waals surface area contributed by atoms with Crippen LogP contribution in [0.25, 0.3) is 10.9 Å². The van der Waals surface area contributed by atoms with Crippen LogP contribution in [-0.4, -0.2) is 25.2 Å². The van der Waals surface area contributed by atoms with Crippen LogP contribution in [0.2, 0.25) is 25.7 Å². The molecule has 0 fully saturated rings. The fraction of sp³-hybridized carbons (Fsp3) is 0.471. The second kappa shape index (κ2) is 7.19. The standard InChI is InChI=1S/C17H25BrN2O2Si/c1-12-10-20(11-22-7-8-23(2,3)4)17-13(9-15(19)21)5-6-14(18)16(12)17/h5-6,10H,7-9,11H2,1-4H3,(H2,19,21). The lowest BCUT2D eigenvalue weighted by Crippen LogP contribution is -2.22. The monoisotopic (exact) mass is 396 g/mol. The number of ether oxygens (including phenoxy) is 1. The molecule has 1 heterocycles. The van der Waals surface area contributed by atoms with Crippen LogP contribution in [0.1, 0.15) is 11.1 Å². The predicted octanol–water partition coefficient (Wildman–Crippen LogP) is 4.05. The highest BCUT2D eigenvalue weighted by Gasteiger charge is 2.15. The Morgan fingerprint density at radius 1 is 1.35 bits per heavy atom. The molecule has 0 saturated carbocycles. The Morgan fingerprint density at radius 3 is 2.65 bits per heavy atom. The number of hydrogen-bond acceptors (Lipinski definition) is 2. The largest absolute Gasteiger partial charge is 0.369 e. The Kier molecular flexibility index (Phi) is 5.70. The van der Waals surface area contributed by atoms with Gasteiger partial charge in [0.15, 0.2) is 0 Å². The molecule has 0 spiro atoms. The lowest BCUT2D eigenvalue weighted by Gasteiger charge is -2.16. The maximum absolute atomic E-state index is 11.4. The molecular weight excluding hydrogens is 372 g/mol. The van der Waals surface area contributed by atoms with Crippen molar-refractivity contribution >= 4 is 40.8 Å². The third kappa shape index (κ3) is 4.68. The predicted molar refractivity (Wildman–Crippen MR) is 101 cm³/mol. The van der Waals surface area contributed by atoms with Crippen molar-refractivity contribution in [3.63, 3.8) is 0 Å². The maximum atomic E-state index is 11.4. The van der Waals surface area contributed by atoms with Crippen molar-refractivity contribution < 1.29 is 9.53 Å². The first-order valence-corrected chi connectivity index (χ1v) is 12.3. The molecule has 0 radical (unpaired) electrons. The van der Waals surface area contributed by atoms with Gasteiger partial charge in [0.2, 0.25) is 5.91 Å². The lowest BCUT2D eigenvalue weighted by molar-refractivity contribution is -0.117. The zero-order valence-electron chi connectivity index (χ0n) is 14.3. The van der Waals surface area contributed by atoms with Gasteiger partial charge in [-0.15, -0.1) is 0 Å². The van der Waals surface area contributed by atoms with E-state index in [9.17, 15) is 4.79 Å². The van der Waals surface area contributed by atoms with Gasteiger partial charge in [-0.05, 0) is 30.2 Å². The van der Waals surface area contributed by atoms with E-state index in [4.69, 9.17) is 10.5 Å². The van der Waals surface area contributed by atoms with Crippen LogP contribution in [0.4, 0.5) is 0 Å². The number of amides is 1. The Balaban J connectivity index is 2.29. The molecule has 2 N–H and O–H groups in total. The summed E-state index contributed by atoms with van der Waals surface area (Å²) in [5.41, 5.74) is 8.53.